The summed E-state index contributed by atoms with van der Waals surface area (Å²) in [5.41, 5.74) is 0.777. The Morgan fingerprint density at radius 3 is 1.77 bits per heavy atom. The lowest BCUT2D eigenvalue weighted by Crippen LogP contribution is -2.20. The average Bonchev–Trinajstić information content (AvgIpc) is 3.24. The Kier molecular flexibility index (Phi) is 22.2. The number of nitrogens with zero attached hydrogens (tertiary/aromatic N) is 6. The Bertz CT molecular complexity index is 2290. The predicted octanol–water partition coefficient (Wildman–Crippen LogP) is 1.65. The second-order valence-corrected chi connectivity index (χ2v) is 15.6. The molecule has 0 saturated carbocycles. The van der Waals surface area contributed by atoms with Crippen LogP contribution in [0.25, 0.3) is 12.2 Å². The van der Waals surface area contributed by atoms with Crippen LogP contribution in [-0.2, 0) is 49.8 Å². The predicted molar refractivity (Wildman–Crippen MR) is 232 cm³/mol. The first kappa shape index (κ1) is 51.8. The molecule has 4 rings (SSSR count). The molecule has 0 aliphatic rings. The summed E-state index contributed by atoms with van der Waals surface area (Å²) in [4.78, 5) is 35.0. The van der Waals surface area contributed by atoms with Crippen LogP contribution >= 0.6 is 24.6 Å². The summed E-state index contributed by atoms with van der Waals surface area (Å²) in [6.45, 7) is 0.471. The molecule has 352 valence electrons. The van der Waals surface area contributed by atoms with Gasteiger partial charge in [-0.25, -0.2) is 4.89 Å². The van der Waals surface area contributed by atoms with Gasteiger partial charge >= 0.3 is 0 Å². The SMILES string of the molecule is O=S(=O)(O)CCNc1nc(NCCOCCO)nc(Nc2ccc(C=Cc3ccc(Nc4nc(CNCOOSO)nc(NCCOCCO)n4)cc3S(=O)(=O)O)c(OOSO)c2)n1. The molecule has 2 heterocycles. The van der Waals surface area contributed by atoms with Crippen molar-refractivity contribution in [1.29, 1.82) is 0 Å². The van der Waals surface area contributed by atoms with E-state index in [0.717, 1.165) is 6.07 Å². The zero-order chi connectivity index (χ0) is 46.2. The van der Waals surface area contributed by atoms with Gasteiger partial charge in [-0.2, -0.15) is 46.7 Å². The number of anilines is 7. The van der Waals surface area contributed by atoms with Gasteiger partial charge in [-0.05, 0) is 29.8 Å². The van der Waals surface area contributed by atoms with Crippen LogP contribution in [0.3, 0.4) is 0 Å². The lowest BCUT2D eigenvalue weighted by atomic mass is 10.1. The number of aliphatic hydroxyl groups excluding tert-OH is 2. The molecular weight excluding hydrogens is 937 g/mol. The first-order valence-corrected chi connectivity index (χ1v) is 22.7. The zero-order valence-corrected chi connectivity index (χ0v) is 36.5. The van der Waals surface area contributed by atoms with Gasteiger partial charge in [0, 0.05) is 42.6 Å². The molecule has 0 radical (unpaired) electrons. The van der Waals surface area contributed by atoms with Crippen LogP contribution in [0, 0.1) is 0 Å². The second-order valence-electron chi connectivity index (χ2n) is 12.1. The second kappa shape index (κ2) is 27.4. The fraction of sp³-hybridized carbons (Fsp3) is 0.375. The van der Waals surface area contributed by atoms with Gasteiger partial charge in [-0.3, -0.25) is 14.4 Å². The van der Waals surface area contributed by atoms with Crippen molar-refractivity contribution in [2.45, 2.75) is 11.4 Å². The van der Waals surface area contributed by atoms with E-state index in [4.69, 9.17) is 33.7 Å². The molecule has 2 aromatic carbocycles. The molecule has 28 nitrogen and oxygen atoms in total. The van der Waals surface area contributed by atoms with Gasteiger partial charge in [0.1, 0.15) is 17.5 Å². The van der Waals surface area contributed by atoms with Crippen molar-refractivity contribution in [3.8, 4) is 5.75 Å². The standard InChI is InChI=1S/C32H44N12O16S4/c45-10-14-55-12-7-34-28-39-27(19-33-20-57-59-61-47)40-31(42-28)38-24-6-4-22(26(18-24)64(52,53)54)2-1-21-3-5-23(17-25(21)58-60-62-48)37-32-43-29(35-8-13-56-15-11-46)41-30(44-32)36-9-16-63(49,50)51/h1-6,17-18,33,45-48H,7-16,19-20H2,(H,49,50,51)(H,52,53,54)(H2,34,38,39,40,42)(H3,35,36,37,41,43,44). The van der Waals surface area contributed by atoms with E-state index in [0.29, 0.717) is 5.69 Å². The van der Waals surface area contributed by atoms with Crippen LogP contribution in [0.15, 0.2) is 41.3 Å². The fourth-order valence-electron chi connectivity index (χ4n) is 4.85. The molecule has 0 bridgehead atoms. The highest BCUT2D eigenvalue weighted by Gasteiger charge is 2.17. The van der Waals surface area contributed by atoms with Crippen LogP contribution in [0.5, 0.6) is 5.75 Å². The minimum Gasteiger partial charge on any atom is -0.394 e. The molecule has 0 aliphatic heterocycles. The normalized spacial score (nSPS) is 11.8. The maximum absolute atomic E-state index is 12.6. The minimum atomic E-state index is -4.84. The van der Waals surface area contributed by atoms with Crippen molar-refractivity contribution < 1.29 is 73.2 Å². The number of hydrogen-bond acceptors (Lipinski definition) is 28. The summed E-state index contributed by atoms with van der Waals surface area (Å²) in [5.74, 6) is -0.393. The van der Waals surface area contributed by atoms with E-state index < -0.39 is 30.9 Å². The molecule has 0 atom stereocenters. The Balaban J connectivity index is 1.58. The van der Waals surface area contributed by atoms with Crippen molar-refractivity contribution in [3.05, 3.63) is 53.3 Å². The summed E-state index contributed by atoms with van der Waals surface area (Å²) < 4.78 is 104. The van der Waals surface area contributed by atoms with Gasteiger partial charge in [0.05, 0.1) is 51.9 Å². The topological polar surface area (TPSA) is 395 Å². The Hall–Kier alpha value is -4.88. The lowest BCUT2D eigenvalue weighted by Gasteiger charge is -2.13. The maximum atomic E-state index is 12.6. The zero-order valence-electron chi connectivity index (χ0n) is 33.2. The number of benzene rings is 2. The van der Waals surface area contributed by atoms with E-state index in [1.807, 2.05) is 0 Å². The molecule has 0 fully saturated rings. The van der Waals surface area contributed by atoms with Crippen LogP contribution < -0.4 is 36.8 Å². The Morgan fingerprint density at radius 2 is 1.17 bits per heavy atom. The lowest BCUT2D eigenvalue weighted by molar-refractivity contribution is -0.201. The van der Waals surface area contributed by atoms with Crippen molar-refractivity contribution in [2.24, 2.45) is 0 Å². The first-order valence-electron chi connectivity index (χ1n) is 18.3. The summed E-state index contributed by atoms with van der Waals surface area (Å²) in [7, 11) is -9.13. The fourth-order valence-corrected chi connectivity index (χ4v) is 6.12. The van der Waals surface area contributed by atoms with Crippen LogP contribution in [0.2, 0.25) is 0 Å². The van der Waals surface area contributed by atoms with E-state index in [1.165, 1.54) is 36.4 Å². The molecule has 0 amide bonds. The number of aliphatic hydroxyl groups is 2. The Morgan fingerprint density at radius 1 is 0.641 bits per heavy atom. The molecule has 12 N–H and O–H groups in total. The molecule has 32 heteroatoms. The van der Waals surface area contributed by atoms with Crippen molar-refractivity contribution >= 4 is 98.2 Å². The van der Waals surface area contributed by atoms with Gasteiger partial charge in [0.2, 0.25) is 42.1 Å². The van der Waals surface area contributed by atoms with Gasteiger partial charge < -0.3 is 60.3 Å². The van der Waals surface area contributed by atoms with E-state index in [1.54, 1.807) is 6.07 Å². The molecular formula is C32H44N12O16S4. The maximum Gasteiger partial charge on any atom is 0.295 e. The quantitative estimate of drug-likeness (QED) is 0.00629. The molecule has 0 spiro atoms. The van der Waals surface area contributed by atoms with Gasteiger partial charge in [0.25, 0.3) is 20.2 Å². The van der Waals surface area contributed by atoms with Crippen molar-refractivity contribution in [3.63, 3.8) is 0 Å². The highest BCUT2D eigenvalue weighted by atomic mass is 32.2. The van der Waals surface area contributed by atoms with Gasteiger partial charge in [-0.15, -0.1) is 4.33 Å². The van der Waals surface area contributed by atoms with Gasteiger partial charge in [0.15, 0.2) is 18.1 Å². The van der Waals surface area contributed by atoms with Crippen molar-refractivity contribution in [1.82, 2.24) is 35.2 Å². The monoisotopic (exact) mass is 980 g/mol. The van der Waals surface area contributed by atoms with E-state index in [-0.39, 0.29) is 155 Å². The van der Waals surface area contributed by atoms with Crippen LogP contribution in [0.1, 0.15) is 17.0 Å². The Labute approximate surface area is 374 Å². The van der Waals surface area contributed by atoms with Crippen LogP contribution in [-0.4, -0.2) is 147 Å². The minimum absolute atomic E-state index is 0.00898. The van der Waals surface area contributed by atoms with E-state index in [9.17, 15) is 25.9 Å². The summed E-state index contributed by atoms with van der Waals surface area (Å²) >= 11 is -0.0838. The third-order valence-corrected chi connectivity index (χ3v) is 9.34. The summed E-state index contributed by atoms with van der Waals surface area (Å²) in [5, 5.41) is 35.1. The van der Waals surface area contributed by atoms with E-state index >= 15 is 0 Å². The number of ether oxygens (including phenoxy) is 2. The number of nitrogens with one attached hydrogen (secondary N) is 6. The first-order chi connectivity index (χ1) is 30.8. The molecule has 0 unspecified atom stereocenters. The highest BCUT2D eigenvalue weighted by Crippen LogP contribution is 2.30. The smallest absolute Gasteiger partial charge is 0.295 e. The van der Waals surface area contributed by atoms with Crippen molar-refractivity contribution in [2.75, 3.05) is 98.3 Å². The van der Waals surface area contributed by atoms with Crippen LogP contribution in [0.4, 0.5) is 41.1 Å². The summed E-state index contributed by atoms with van der Waals surface area (Å²) in [6, 6.07) is 8.52. The molecule has 0 aliphatic carbocycles. The number of aromatic nitrogens is 6. The molecule has 64 heavy (non-hydrogen) atoms. The third kappa shape index (κ3) is 19.5. The van der Waals surface area contributed by atoms with E-state index in [2.05, 4.69) is 75.4 Å². The largest absolute Gasteiger partial charge is 0.394 e. The molecule has 4 aromatic rings. The highest BCUT2D eigenvalue weighted by molar-refractivity contribution is 7.89. The number of hydrogen-bond donors (Lipinski definition) is 12. The van der Waals surface area contributed by atoms with Gasteiger partial charge in [-0.1, -0.05) is 22.6 Å². The summed E-state index contributed by atoms with van der Waals surface area (Å²) in [6.07, 6.45) is 2.80. The third-order valence-electron chi connectivity index (χ3n) is 7.43. The molecule has 0 saturated heterocycles. The number of rotatable bonds is 32. The average molecular weight is 981 g/mol. The molecule has 2 aromatic heterocycles.